The molecule has 142 valence electrons. The van der Waals surface area contributed by atoms with E-state index in [0.717, 1.165) is 5.56 Å². The van der Waals surface area contributed by atoms with Gasteiger partial charge in [-0.15, -0.1) is 0 Å². The molecule has 5 heteroatoms. The Kier molecular flexibility index (Phi) is 6.94. The molecular formula is C23H24N3OP. The molecule has 4 nitrogen and oxygen atoms in total. The quantitative estimate of drug-likeness (QED) is 0.351. The molecule has 3 aromatic rings. The predicted octanol–water partition coefficient (Wildman–Crippen LogP) is 4.16. The van der Waals surface area contributed by atoms with Crippen LogP contribution in [0.2, 0.25) is 0 Å². The molecule has 0 saturated heterocycles. The summed E-state index contributed by atoms with van der Waals surface area (Å²) in [6.45, 7) is -1.45. The van der Waals surface area contributed by atoms with Crippen molar-refractivity contribution in [1.82, 2.24) is 5.43 Å². The van der Waals surface area contributed by atoms with Gasteiger partial charge < -0.3 is 0 Å². The number of amides is 1. The molecule has 28 heavy (non-hydrogen) atoms. The molecule has 0 radical (unpaired) electrons. The van der Waals surface area contributed by atoms with E-state index in [4.69, 9.17) is 0 Å². The molecule has 3 aromatic carbocycles. The second kappa shape index (κ2) is 9.82. The molecule has 0 fully saturated rings. The van der Waals surface area contributed by atoms with E-state index < -0.39 is 6.89 Å². The molecule has 0 aliphatic heterocycles. The summed E-state index contributed by atoms with van der Waals surface area (Å²) in [6, 6.07) is 30.3. The Bertz CT molecular complexity index is 913. The Morgan fingerprint density at radius 1 is 0.821 bits per heavy atom. The van der Waals surface area contributed by atoms with Crippen molar-refractivity contribution in [2.24, 2.45) is 10.3 Å². The number of nitrogens with one attached hydrogen (secondary N) is 1. The maximum absolute atomic E-state index is 12.3. The number of carbonyl (C=O) groups is 1. The highest BCUT2D eigenvalue weighted by molar-refractivity contribution is 7.87. The van der Waals surface area contributed by atoms with E-state index in [9.17, 15) is 4.79 Å². The Labute approximate surface area is 166 Å². The van der Waals surface area contributed by atoms with Crippen LogP contribution in [0.4, 0.5) is 0 Å². The molecule has 0 aliphatic rings. The third-order valence-electron chi connectivity index (χ3n) is 4.56. The van der Waals surface area contributed by atoms with Crippen LogP contribution in [0.15, 0.2) is 101 Å². The van der Waals surface area contributed by atoms with Gasteiger partial charge in [0.05, 0.1) is 6.54 Å². The lowest BCUT2D eigenvalue weighted by molar-refractivity contribution is -0.120. The van der Waals surface area contributed by atoms with Gasteiger partial charge in [0.1, 0.15) is 0 Å². The number of benzene rings is 3. The van der Waals surface area contributed by atoms with Crippen LogP contribution in [0.25, 0.3) is 0 Å². The minimum absolute atomic E-state index is 0.142. The third kappa shape index (κ3) is 5.28. The predicted molar refractivity (Wildman–Crippen MR) is 119 cm³/mol. The molecule has 0 aromatic heterocycles. The molecule has 0 heterocycles. The van der Waals surface area contributed by atoms with Crippen LogP contribution < -0.4 is 16.0 Å². The number of nitrogens with zero attached hydrogens (tertiary/aromatic N) is 2. The first-order chi connectivity index (χ1) is 13.7. The Balaban J connectivity index is 1.62. The zero-order valence-electron chi connectivity index (χ0n) is 15.7. The lowest BCUT2D eigenvalue weighted by atomic mass is 10.2. The lowest BCUT2D eigenvalue weighted by Gasteiger charge is -2.25. The summed E-state index contributed by atoms with van der Waals surface area (Å²) in [5.41, 5.74) is 3.59. The molecule has 3 rings (SSSR count). The summed E-state index contributed by atoms with van der Waals surface area (Å²) in [6.07, 6.45) is 5.63. The molecule has 1 N–H and O–H groups in total. The molecule has 0 atom stereocenters. The van der Waals surface area contributed by atoms with E-state index in [1.807, 2.05) is 66.7 Å². The summed E-state index contributed by atoms with van der Waals surface area (Å²) in [7, 11) is 0. The van der Waals surface area contributed by atoms with Gasteiger partial charge in [-0.3, -0.25) is 4.79 Å². The largest absolute Gasteiger partial charge is 0.273 e. The van der Waals surface area contributed by atoms with Crippen LogP contribution >= 0.6 is 6.89 Å². The Morgan fingerprint density at radius 3 is 1.86 bits per heavy atom. The topological polar surface area (TPSA) is 53.8 Å². The highest BCUT2D eigenvalue weighted by atomic mass is 31.2. The van der Waals surface area contributed by atoms with Crippen LogP contribution in [0, 0.1) is 0 Å². The van der Waals surface area contributed by atoms with E-state index in [0.29, 0.717) is 19.1 Å². The first-order valence-electron chi connectivity index (χ1n) is 9.21. The molecule has 0 saturated carbocycles. The monoisotopic (exact) mass is 389 g/mol. The van der Waals surface area contributed by atoms with Crippen molar-refractivity contribution >= 4 is 29.7 Å². The Hall–Kier alpha value is -2.97. The van der Waals surface area contributed by atoms with Gasteiger partial charge in [0, 0.05) is 6.42 Å². The van der Waals surface area contributed by atoms with Gasteiger partial charge in [0.15, 0.2) is 0 Å². The van der Waals surface area contributed by atoms with Crippen molar-refractivity contribution in [3.63, 3.8) is 0 Å². The zero-order valence-corrected chi connectivity index (χ0v) is 16.6. The van der Waals surface area contributed by atoms with E-state index in [1.165, 1.54) is 10.6 Å². The summed E-state index contributed by atoms with van der Waals surface area (Å²) >= 11 is 0. The van der Waals surface area contributed by atoms with E-state index in [-0.39, 0.29) is 5.91 Å². The van der Waals surface area contributed by atoms with Crippen LogP contribution in [-0.4, -0.2) is 18.4 Å². The van der Waals surface area contributed by atoms with Crippen LogP contribution in [-0.2, 0) is 11.3 Å². The molecule has 0 aliphatic carbocycles. The zero-order chi connectivity index (χ0) is 19.7. The maximum Gasteiger partial charge on any atom is 0.241 e. The van der Waals surface area contributed by atoms with Crippen molar-refractivity contribution in [3.05, 3.63) is 96.6 Å². The van der Waals surface area contributed by atoms with Gasteiger partial charge in [0.25, 0.3) is 0 Å². The Morgan fingerprint density at radius 2 is 1.32 bits per heavy atom. The fraction of sp³-hybridized carbons (Fsp3) is 0.130. The summed E-state index contributed by atoms with van der Waals surface area (Å²) in [5, 5.41) is 10.2. The van der Waals surface area contributed by atoms with Gasteiger partial charge in [-0.05, 0) is 22.3 Å². The number of rotatable bonds is 8. The summed E-state index contributed by atoms with van der Waals surface area (Å²) in [5.74, 6) is -0.142. The fourth-order valence-electron chi connectivity index (χ4n) is 2.97. The minimum Gasteiger partial charge on any atom is -0.273 e. The average Bonchev–Trinajstić information content (AvgIpc) is 2.77. The summed E-state index contributed by atoms with van der Waals surface area (Å²) < 4.78 is 0. The van der Waals surface area contributed by atoms with Crippen molar-refractivity contribution in [2.45, 2.75) is 13.0 Å². The summed E-state index contributed by atoms with van der Waals surface area (Å²) in [4.78, 5) is 12.3. The number of carbonyl (C=O) groups excluding carboxylic acids is 1. The molecule has 0 spiro atoms. The molecule has 0 bridgehead atoms. The minimum atomic E-state index is -1.90. The number of hydrogen-bond acceptors (Lipinski definition) is 3. The first-order valence-corrected chi connectivity index (χ1v) is 11.4. The second-order valence-electron chi connectivity index (χ2n) is 6.53. The van der Waals surface area contributed by atoms with Crippen molar-refractivity contribution < 1.29 is 4.79 Å². The molecular weight excluding hydrogens is 365 g/mol. The van der Waals surface area contributed by atoms with E-state index in [1.54, 1.807) is 0 Å². The lowest BCUT2D eigenvalue weighted by Crippen LogP contribution is -2.23. The van der Waals surface area contributed by atoms with Crippen LogP contribution in [0.1, 0.15) is 12.0 Å². The second-order valence-corrected chi connectivity index (χ2v) is 9.95. The fourth-order valence-corrected chi connectivity index (χ4v) is 5.86. The van der Waals surface area contributed by atoms with Crippen molar-refractivity contribution in [1.29, 1.82) is 0 Å². The smallest absolute Gasteiger partial charge is 0.241 e. The van der Waals surface area contributed by atoms with E-state index >= 15 is 0 Å². The SMILES string of the molecule is C=P(CCC(=O)N/N=N/Cc1ccccc1)(c1ccccc1)c1ccccc1. The molecule has 1 amide bonds. The van der Waals surface area contributed by atoms with Crippen molar-refractivity contribution in [3.8, 4) is 0 Å². The van der Waals surface area contributed by atoms with Crippen molar-refractivity contribution in [2.75, 3.05) is 6.16 Å². The van der Waals surface area contributed by atoms with E-state index in [2.05, 4.69) is 46.3 Å². The average molecular weight is 389 g/mol. The van der Waals surface area contributed by atoms with Gasteiger partial charge in [-0.1, -0.05) is 109 Å². The number of hydrogen-bond donors (Lipinski definition) is 1. The van der Waals surface area contributed by atoms with Gasteiger partial charge in [-0.2, -0.15) is 5.11 Å². The van der Waals surface area contributed by atoms with Gasteiger partial charge in [-0.25, -0.2) is 5.43 Å². The molecule has 0 unspecified atom stereocenters. The highest BCUT2D eigenvalue weighted by Gasteiger charge is 2.20. The standard InChI is InChI=1S/C23H24N3OP/c1-28(21-13-7-3-8-14-21,22-15-9-4-10-16-22)18-17-23(27)25-26-24-19-20-11-5-2-6-12-20/h2-16H,1,17-19H2,(H,24,25,27). The third-order valence-corrected chi connectivity index (χ3v) is 8.12. The van der Waals surface area contributed by atoms with Gasteiger partial charge in [0.2, 0.25) is 5.91 Å². The van der Waals surface area contributed by atoms with Gasteiger partial charge >= 0.3 is 0 Å². The normalized spacial score (nSPS) is 11.4. The highest BCUT2D eigenvalue weighted by Crippen LogP contribution is 2.43. The van der Waals surface area contributed by atoms with Crippen LogP contribution in [0.5, 0.6) is 0 Å². The van der Waals surface area contributed by atoms with Crippen LogP contribution in [0.3, 0.4) is 0 Å². The maximum atomic E-state index is 12.3. The first kappa shape index (κ1) is 19.8.